The fourth-order valence-electron chi connectivity index (χ4n) is 1.41. The van der Waals surface area contributed by atoms with Crippen molar-refractivity contribution in [2.45, 2.75) is 37.0 Å². The van der Waals surface area contributed by atoms with Crippen molar-refractivity contribution in [1.82, 2.24) is 4.72 Å². The largest absolute Gasteiger partial charge is 0.392 e. The first-order chi connectivity index (χ1) is 8.72. The SMILES string of the molecule is CSC(C)(C)CNS(=O)(=O)c1ccc(C)c(CO)c1. The molecule has 0 radical (unpaired) electrons. The Kier molecular flexibility index (Phi) is 5.43. The lowest BCUT2D eigenvalue weighted by Crippen LogP contribution is -2.36. The maximum atomic E-state index is 12.2. The maximum absolute atomic E-state index is 12.2. The molecule has 0 amide bonds. The summed E-state index contributed by atoms with van der Waals surface area (Å²) in [5, 5.41) is 9.19. The van der Waals surface area contributed by atoms with Crippen LogP contribution in [-0.2, 0) is 16.6 Å². The molecule has 1 rings (SSSR count). The Balaban J connectivity index is 2.95. The maximum Gasteiger partial charge on any atom is 0.240 e. The quantitative estimate of drug-likeness (QED) is 0.842. The third-order valence-corrected chi connectivity index (χ3v) is 5.69. The average Bonchev–Trinajstić information content (AvgIpc) is 2.37. The first-order valence-corrected chi connectivity index (χ1v) is 8.68. The van der Waals surface area contributed by atoms with E-state index in [-0.39, 0.29) is 16.2 Å². The normalized spacial score (nSPS) is 12.7. The van der Waals surface area contributed by atoms with E-state index in [0.717, 1.165) is 5.56 Å². The fraction of sp³-hybridized carbons (Fsp3) is 0.538. The van der Waals surface area contributed by atoms with Gasteiger partial charge in [0.1, 0.15) is 0 Å². The van der Waals surface area contributed by atoms with Crippen LogP contribution < -0.4 is 4.72 Å². The predicted molar refractivity (Wildman–Crippen MR) is 79.9 cm³/mol. The Labute approximate surface area is 119 Å². The number of rotatable bonds is 6. The van der Waals surface area contributed by atoms with Crippen LogP contribution in [0.15, 0.2) is 23.1 Å². The molecule has 0 spiro atoms. The molecule has 6 heteroatoms. The molecule has 0 bridgehead atoms. The van der Waals surface area contributed by atoms with Gasteiger partial charge < -0.3 is 5.11 Å². The van der Waals surface area contributed by atoms with E-state index in [1.807, 2.05) is 27.0 Å². The molecular weight excluding hydrogens is 282 g/mol. The van der Waals surface area contributed by atoms with Crippen molar-refractivity contribution in [3.05, 3.63) is 29.3 Å². The van der Waals surface area contributed by atoms with Gasteiger partial charge in [-0.15, -0.1) is 0 Å². The molecule has 19 heavy (non-hydrogen) atoms. The number of hydrogen-bond acceptors (Lipinski definition) is 4. The lowest BCUT2D eigenvalue weighted by atomic mass is 10.1. The van der Waals surface area contributed by atoms with Crippen molar-refractivity contribution in [3.8, 4) is 0 Å². The van der Waals surface area contributed by atoms with Crippen LogP contribution in [-0.4, -0.2) is 31.1 Å². The molecule has 0 aliphatic carbocycles. The summed E-state index contributed by atoms with van der Waals surface area (Å²) in [6, 6.07) is 4.78. The molecule has 108 valence electrons. The number of aliphatic hydroxyl groups is 1. The molecule has 0 saturated carbocycles. The van der Waals surface area contributed by atoms with Crippen molar-refractivity contribution in [3.63, 3.8) is 0 Å². The predicted octanol–water partition coefficient (Wildman–Crippen LogP) is 1.91. The second kappa shape index (κ2) is 6.26. The highest BCUT2D eigenvalue weighted by Crippen LogP contribution is 2.21. The molecule has 4 nitrogen and oxygen atoms in total. The van der Waals surface area contributed by atoms with Crippen molar-refractivity contribution in [2.75, 3.05) is 12.8 Å². The van der Waals surface area contributed by atoms with Gasteiger partial charge in [0.05, 0.1) is 11.5 Å². The third-order valence-electron chi connectivity index (χ3n) is 3.04. The molecule has 0 aliphatic heterocycles. The summed E-state index contributed by atoms with van der Waals surface area (Å²) in [6.07, 6.45) is 1.95. The summed E-state index contributed by atoms with van der Waals surface area (Å²) in [6.45, 7) is 6.00. The summed E-state index contributed by atoms with van der Waals surface area (Å²) >= 11 is 1.61. The smallest absolute Gasteiger partial charge is 0.240 e. The molecule has 0 aliphatic rings. The van der Waals surface area contributed by atoms with Gasteiger partial charge in [-0.2, -0.15) is 11.8 Å². The summed E-state index contributed by atoms with van der Waals surface area (Å²) in [4.78, 5) is 0.194. The molecule has 0 aromatic heterocycles. The van der Waals surface area contributed by atoms with Crippen LogP contribution in [0.4, 0.5) is 0 Å². The number of benzene rings is 1. The number of aryl methyl sites for hydroxylation is 1. The molecule has 1 aromatic rings. The molecule has 0 unspecified atom stereocenters. The Morgan fingerprint density at radius 2 is 2.00 bits per heavy atom. The summed E-state index contributed by atoms with van der Waals surface area (Å²) in [7, 11) is -3.53. The van der Waals surface area contributed by atoms with Gasteiger partial charge in [-0.3, -0.25) is 0 Å². The topological polar surface area (TPSA) is 66.4 Å². The molecular formula is C13H21NO3S2. The summed E-state index contributed by atoms with van der Waals surface area (Å²) < 4.78 is 26.8. The van der Waals surface area contributed by atoms with E-state index in [9.17, 15) is 13.5 Å². The zero-order valence-corrected chi connectivity index (χ0v) is 13.4. The van der Waals surface area contributed by atoms with Gasteiger partial charge in [0.2, 0.25) is 10.0 Å². The number of nitrogens with one attached hydrogen (secondary N) is 1. The second-order valence-electron chi connectivity index (χ2n) is 5.03. The molecule has 0 heterocycles. The Morgan fingerprint density at radius 1 is 1.37 bits per heavy atom. The van der Waals surface area contributed by atoms with Crippen LogP contribution in [0.25, 0.3) is 0 Å². The van der Waals surface area contributed by atoms with Crippen LogP contribution in [0.5, 0.6) is 0 Å². The standard InChI is InChI=1S/C13H21NO3S2/c1-10-5-6-12(7-11(10)8-15)19(16,17)14-9-13(2,3)18-4/h5-7,14-15H,8-9H2,1-4H3. The molecule has 2 N–H and O–H groups in total. The molecule has 0 fully saturated rings. The van der Waals surface area contributed by atoms with E-state index in [4.69, 9.17) is 0 Å². The van der Waals surface area contributed by atoms with Crippen molar-refractivity contribution >= 4 is 21.8 Å². The number of aliphatic hydroxyl groups excluding tert-OH is 1. The number of thioether (sulfide) groups is 1. The Bertz CT molecular complexity index is 539. The molecule has 1 aromatic carbocycles. The zero-order valence-electron chi connectivity index (χ0n) is 11.7. The average molecular weight is 303 g/mol. The Hall–Kier alpha value is -0.560. The van der Waals surface area contributed by atoms with Crippen LogP contribution in [0.2, 0.25) is 0 Å². The van der Waals surface area contributed by atoms with Gasteiger partial charge in [-0.25, -0.2) is 13.1 Å². The first kappa shape index (κ1) is 16.5. The fourth-order valence-corrected chi connectivity index (χ4v) is 2.98. The van der Waals surface area contributed by atoms with Crippen molar-refractivity contribution < 1.29 is 13.5 Å². The van der Waals surface area contributed by atoms with Crippen LogP contribution in [0, 0.1) is 6.92 Å². The highest BCUT2D eigenvalue weighted by atomic mass is 32.2. The van der Waals surface area contributed by atoms with Gasteiger partial charge >= 0.3 is 0 Å². The van der Waals surface area contributed by atoms with Gasteiger partial charge in [0.15, 0.2) is 0 Å². The van der Waals surface area contributed by atoms with Crippen LogP contribution in [0.1, 0.15) is 25.0 Å². The van der Waals surface area contributed by atoms with E-state index in [2.05, 4.69) is 4.72 Å². The third kappa shape index (κ3) is 4.49. The minimum atomic E-state index is -3.53. The lowest BCUT2D eigenvalue weighted by molar-refractivity contribution is 0.280. The number of sulfonamides is 1. The first-order valence-electron chi connectivity index (χ1n) is 5.97. The summed E-state index contributed by atoms with van der Waals surface area (Å²) in [5.41, 5.74) is 1.51. The second-order valence-corrected chi connectivity index (χ2v) is 8.32. The van der Waals surface area contributed by atoms with Crippen LogP contribution in [0.3, 0.4) is 0 Å². The minimum Gasteiger partial charge on any atom is -0.392 e. The van der Waals surface area contributed by atoms with E-state index < -0.39 is 10.0 Å². The highest BCUT2D eigenvalue weighted by Gasteiger charge is 2.21. The molecule has 0 atom stereocenters. The van der Waals surface area contributed by atoms with Gasteiger partial charge in [0.25, 0.3) is 0 Å². The van der Waals surface area contributed by atoms with E-state index in [1.54, 1.807) is 23.9 Å². The van der Waals surface area contributed by atoms with Crippen molar-refractivity contribution in [1.29, 1.82) is 0 Å². The van der Waals surface area contributed by atoms with Gasteiger partial charge in [0, 0.05) is 11.3 Å². The van der Waals surface area contributed by atoms with E-state index in [1.165, 1.54) is 6.07 Å². The monoisotopic (exact) mass is 303 g/mol. The lowest BCUT2D eigenvalue weighted by Gasteiger charge is -2.22. The zero-order chi connectivity index (χ0) is 14.7. The minimum absolute atomic E-state index is 0.155. The van der Waals surface area contributed by atoms with E-state index >= 15 is 0 Å². The van der Waals surface area contributed by atoms with Gasteiger partial charge in [-0.1, -0.05) is 6.07 Å². The highest BCUT2D eigenvalue weighted by molar-refractivity contribution is 8.00. The molecule has 0 saturated heterocycles. The van der Waals surface area contributed by atoms with Gasteiger partial charge in [-0.05, 0) is 50.3 Å². The summed E-state index contributed by atoms with van der Waals surface area (Å²) in [5.74, 6) is 0. The Morgan fingerprint density at radius 3 is 2.53 bits per heavy atom. The van der Waals surface area contributed by atoms with Crippen LogP contribution >= 0.6 is 11.8 Å². The van der Waals surface area contributed by atoms with Crippen molar-refractivity contribution in [2.24, 2.45) is 0 Å². The van der Waals surface area contributed by atoms with E-state index in [0.29, 0.717) is 12.1 Å². The number of hydrogen-bond donors (Lipinski definition) is 2.